The lowest BCUT2D eigenvalue weighted by molar-refractivity contribution is -0.132. The fourth-order valence-electron chi connectivity index (χ4n) is 1.98. The zero-order valence-electron chi connectivity index (χ0n) is 12.8. The van der Waals surface area contributed by atoms with Crippen LogP contribution in [-0.4, -0.2) is 43.7 Å². The minimum atomic E-state index is 0.140. The van der Waals surface area contributed by atoms with Crippen LogP contribution in [0.4, 0.5) is 0 Å². The summed E-state index contributed by atoms with van der Waals surface area (Å²) in [5.74, 6) is 0.140. The highest BCUT2D eigenvalue weighted by molar-refractivity contribution is 5.78. The molecule has 0 fully saturated rings. The number of carbonyl (C=O) groups is 1. The molecule has 0 aliphatic rings. The van der Waals surface area contributed by atoms with E-state index in [0.29, 0.717) is 13.1 Å². The Morgan fingerprint density at radius 2 is 2.00 bits per heavy atom. The second kappa shape index (κ2) is 9.50. The Morgan fingerprint density at radius 1 is 1.30 bits per heavy atom. The van der Waals surface area contributed by atoms with Crippen molar-refractivity contribution in [2.24, 2.45) is 0 Å². The molecule has 0 aliphatic carbocycles. The maximum Gasteiger partial charge on any atom is 0.237 e. The van der Waals surface area contributed by atoms with Gasteiger partial charge in [-0.25, -0.2) is 0 Å². The van der Waals surface area contributed by atoms with Crippen LogP contribution in [0, 0.1) is 0 Å². The molecule has 0 saturated carbocycles. The average molecular weight is 278 g/mol. The SMILES string of the molecule is COCCCNCC(=O)N(Cc1ccccc1)C(C)C. The highest BCUT2D eigenvalue weighted by atomic mass is 16.5. The highest BCUT2D eigenvalue weighted by Crippen LogP contribution is 2.08. The first-order chi connectivity index (χ1) is 9.65. The first-order valence-corrected chi connectivity index (χ1v) is 7.18. The number of ether oxygens (including phenoxy) is 1. The molecule has 1 N–H and O–H groups in total. The smallest absolute Gasteiger partial charge is 0.237 e. The van der Waals surface area contributed by atoms with E-state index >= 15 is 0 Å². The van der Waals surface area contributed by atoms with Gasteiger partial charge in [-0.3, -0.25) is 4.79 Å². The zero-order chi connectivity index (χ0) is 14.8. The third-order valence-corrected chi connectivity index (χ3v) is 3.12. The van der Waals surface area contributed by atoms with Gasteiger partial charge in [-0.15, -0.1) is 0 Å². The van der Waals surface area contributed by atoms with Gasteiger partial charge in [0.25, 0.3) is 0 Å². The van der Waals surface area contributed by atoms with Crippen LogP contribution in [0.25, 0.3) is 0 Å². The second-order valence-electron chi connectivity index (χ2n) is 5.12. The molecule has 0 aromatic heterocycles. The first-order valence-electron chi connectivity index (χ1n) is 7.18. The molecule has 20 heavy (non-hydrogen) atoms. The van der Waals surface area contributed by atoms with E-state index in [4.69, 9.17) is 4.74 Å². The van der Waals surface area contributed by atoms with Crippen molar-refractivity contribution >= 4 is 5.91 Å². The maximum absolute atomic E-state index is 12.3. The highest BCUT2D eigenvalue weighted by Gasteiger charge is 2.16. The summed E-state index contributed by atoms with van der Waals surface area (Å²) in [5.41, 5.74) is 1.16. The predicted molar refractivity (Wildman–Crippen MR) is 81.5 cm³/mol. The number of benzene rings is 1. The number of amides is 1. The van der Waals surface area contributed by atoms with E-state index in [0.717, 1.165) is 25.1 Å². The molecule has 1 rings (SSSR count). The lowest BCUT2D eigenvalue weighted by Gasteiger charge is -2.27. The molecule has 0 unspecified atom stereocenters. The predicted octanol–water partition coefficient (Wildman–Crippen LogP) is 2.05. The number of rotatable bonds is 9. The van der Waals surface area contributed by atoms with E-state index in [2.05, 4.69) is 17.4 Å². The molecule has 1 aromatic rings. The molecule has 0 spiro atoms. The van der Waals surface area contributed by atoms with Crippen LogP contribution >= 0.6 is 0 Å². The fraction of sp³-hybridized carbons (Fsp3) is 0.562. The van der Waals surface area contributed by atoms with Gasteiger partial charge >= 0.3 is 0 Å². The van der Waals surface area contributed by atoms with Gasteiger partial charge in [0.2, 0.25) is 5.91 Å². The number of hydrogen-bond acceptors (Lipinski definition) is 3. The minimum absolute atomic E-state index is 0.140. The molecule has 0 saturated heterocycles. The summed E-state index contributed by atoms with van der Waals surface area (Å²) in [7, 11) is 1.69. The van der Waals surface area contributed by atoms with Gasteiger partial charge in [0.1, 0.15) is 0 Å². The number of carbonyl (C=O) groups excluding carboxylic acids is 1. The van der Waals surface area contributed by atoms with Gasteiger partial charge in [0, 0.05) is 26.3 Å². The fourth-order valence-corrected chi connectivity index (χ4v) is 1.98. The Labute approximate surface area is 122 Å². The van der Waals surface area contributed by atoms with E-state index in [-0.39, 0.29) is 11.9 Å². The Hall–Kier alpha value is -1.39. The lowest BCUT2D eigenvalue weighted by atomic mass is 10.2. The van der Waals surface area contributed by atoms with Gasteiger partial charge in [0.05, 0.1) is 6.54 Å². The van der Waals surface area contributed by atoms with E-state index in [1.165, 1.54) is 0 Å². The van der Waals surface area contributed by atoms with Crippen LogP contribution in [0.3, 0.4) is 0 Å². The normalized spacial score (nSPS) is 10.8. The number of hydrogen-bond donors (Lipinski definition) is 1. The summed E-state index contributed by atoms with van der Waals surface area (Å²) in [6, 6.07) is 10.3. The summed E-state index contributed by atoms with van der Waals surface area (Å²) in [5, 5.41) is 3.17. The van der Waals surface area contributed by atoms with E-state index in [1.54, 1.807) is 7.11 Å². The molecule has 1 aromatic carbocycles. The molecule has 0 heterocycles. The Balaban J connectivity index is 2.43. The van der Waals surface area contributed by atoms with E-state index in [9.17, 15) is 4.79 Å². The summed E-state index contributed by atoms with van der Waals surface area (Å²) >= 11 is 0. The molecule has 0 radical (unpaired) electrons. The number of nitrogens with zero attached hydrogens (tertiary/aromatic N) is 1. The molecule has 4 nitrogen and oxygen atoms in total. The summed E-state index contributed by atoms with van der Waals surface area (Å²) in [6.45, 7) is 6.67. The van der Waals surface area contributed by atoms with Crippen molar-refractivity contribution in [3.8, 4) is 0 Å². The van der Waals surface area contributed by atoms with Gasteiger partial charge in [0.15, 0.2) is 0 Å². The van der Waals surface area contributed by atoms with Crippen LogP contribution in [0.1, 0.15) is 25.8 Å². The van der Waals surface area contributed by atoms with Gasteiger partial charge in [-0.2, -0.15) is 0 Å². The van der Waals surface area contributed by atoms with Crippen LogP contribution in [0.15, 0.2) is 30.3 Å². The monoisotopic (exact) mass is 278 g/mol. The van der Waals surface area contributed by atoms with E-state index < -0.39 is 0 Å². The van der Waals surface area contributed by atoms with Gasteiger partial charge < -0.3 is 15.0 Å². The molecule has 1 amide bonds. The van der Waals surface area contributed by atoms with Crippen LogP contribution in [0.2, 0.25) is 0 Å². The molecule has 4 heteroatoms. The third-order valence-electron chi connectivity index (χ3n) is 3.12. The average Bonchev–Trinajstić information content (AvgIpc) is 2.45. The summed E-state index contributed by atoms with van der Waals surface area (Å²) < 4.78 is 4.98. The van der Waals surface area contributed by atoms with Crippen molar-refractivity contribution in [3.63, 3.8) is 0 Å². The topological polar surface area (TPSA) is 41.6 Å². The molecule has 112 valence electrons. The van der Waals surface area contributed by atoms with Crippen molar-refractivity contribution in [1.29, 1.82) is 0 Å². The Kier molecular flexibility index (Phi) is 7.92. The number of methoxy groups -OCH3 is 1. The first kappa shape index (κ1) is 16.7. The molecule has 0 bridgehead atoms. The lowest BCUT2D eigenvalue weighted by Crippen LogP contribution is -2.42. The summed E-state index contributed by atoms with van der Waals surface area (Å²) in [4.78, 5) is 14.2. The van der Waals surface area contributed by atoms with Crippen molar-refractivity contribution < 1.29 is 9.53 Å². The third kappa shape index (κ3) is 6.17. The molecular formula is C16H26N2O2. The molecule has 0 aliphatic heterocycles. The quantitative estimate of drug-likeness (QED) is 0.703. The van der Waals surface area contributed by atoms with Crippen LogP contribution < -0.4 is 5.32 Å². The number of nitrogens with one attached hydrogen (secondary N) is 1. The van der Waals surface area contributed by atoms with Crippen molar-refractivity contribution in [2.45, 2.75) is 32.9 Å². The maximum atomic E-state index is 12.3. The van der Waals surface area contributed by atoms with Crippen molar-refractivity contribution in [1.82, 2.24) is 10.2 Å². The molecule has 0 atom stereocenters. The van der Waals surface area contributed by atoms with E-state index in [1.807, 2.05) is 36.9 Å². The van der Waals surface area contributed by atoms with Crippen molar-refractivity contribution in [2.75, 3.05) is 26.8 Å². The Morgan fingerprint density at radius 3 is 2.60 bits per heavy atom. The molecular weight excluding hydrogens is 252 g/mol. The van der Waals surface area contributed by atoms with Gasteiger partial charge in [-0.1, -0.05) is 30.3 Å². The minimum Gasteiger partial charge on any atom is -0.385 e. The second-order valence-corrected chi connectivity index (χ2v) is 5.12. The summed E-state index contributed by atoms with van der Waals surface area (Å²) in [6.07, 6.45) is 0.921. The van der Waals surface area contributed by atoms with Crippen molar-refractivity contribution in [3.05, 3.63) is 35.9 Å². The van der Waals surface area contributed by atoms with Gasteiger partial charge in [-0.05, 0) is 32.4 Å². The zero-order valence-corrected chi connectivity index (χ0v) is 12.8. The largest absolute Gasteiger partial charge is 0.385 e. The van der Waals surface area contributed by atoms with Crippen LogP contribution in [0.5, 0.6) is 0 Å². The van der Waals surface area contributed by atoms with Crippen LogP contribution in [-0.2, 0) is 16.1 Å². The standard InChI is InChI=1S/C16H26N2O2/c1-14(2)18(13-15-8-5-4-6-9-15)16(19)12-17-10-7-11-20-3/h4-6,8-9,14,17H,7,10-13H2,1-3H3. The Bertz CT molecular complexity index is 379.